The first-order chi connectivity index (χ1) is 10.5. The number of amides is 1. The molecule has 1 unspecified atom stereocenters. The summed E-state index contributed by atoms with van der Waals surface area (Å²) in [5, 5.41) is 0. The Balaban J connectivity index is 0.00000192. The van der Waals surface area contributed by atoms with E-state index in [1.807, 2.05) is 42.2 Å². The van der Waals surface area contributed by atoms with E-state index in [1.54, 1.807) is 0 Å². The first-order valence-electron chi connectivity index (χ1n) is 8.67. The van der Waals surface area contributed by atoms with Crippen LogP contribution in [0.2, 0.25) is 0 Å². The highest BCUT2D eigenvalue weighted by molar-refractivity contribution is 5.87. The van der Waals surface area contributed by atoms with Crippen LogP contribution < -0.4 is 5.73 Å². The van der Waals surface area contributed by atoms with E-state index in [4.69, 9.17) is 5.73 Å². The minimum atomic E-state index is -0.922. The van der Waals surface area contributed by atoms with Crippen molar-refractivity contribution in [3.05, 3.63) is 35.9 Å². The first kappa shape index (κ1) is 18.3. The summed E-state index contributed by atoms with van der Waals surface area (Å²) >= 11 is 0. The molecule has 23 heavy (non-hydrogen) atoms. The fourth-order valence-corrected chi connectivity index (χ4v) is 4.33. The zero-order chi connectivity index (χ0) is 15.6. The number of hydrogen-bond donors (Lipinski definition) is 1. The van der Waals surface area contributed by atoms with E-state index in [-0.39, 0.29) is 18.3 Å². The molecule has 1 aliphatic carbocycles. The zero-order valence-electron chi connectivity index (χ0n) is 14.1. The lowest BCUT2D eigenvalue weighted by molar-refractivity contribution is -0.141. The molecule has 3 nitrogen and oxygen atoms in total. The number of piperidine rings is 1. The van der Waals surface area contributed by atoms with Crippen LogP contribution in [0, 0.1) is 5.41 Å². The Labute approximate surface area is 146 Å². The molecular weight excluding hydrogens is 308 g/mol. The molecule has 1 aromatic carbocycles. The maximum Gasteiger partial charge on any atom is 0.246 e. The fourth-order valence-electron chi connectivity index (χ4n) is 4.33. The van der Waals surface area contributed by atoms with Crippen molar-refractivity contribution < 1.29 is 4.79 Å². The van der Waals surface area contributed by atoms with Gasteiger partial charge in [0.2, 0.25) is 5.91 Å². The van der Waals surface area contributed by atoms with Crippen LogP contribution in [0.1, 0.15) is 57.4 Å². The SMILES string of the molecule is CC(N)(C(=O)N1CCCC2(CCCCC2)C1)c1ccccc1.Cl. The molecule has 1 saturated heterocycles. The van der Waals surface area contributed by atoms with Gasteiger partial charge < -0.3 is 10.6 Å². The van der Waals surface area contributed by atoms with Crippen LogP contribution in [0.25, 0.3) is 0 Å². The van der Waals surface area contributed by atoms with Gasteiger partial charge in [-0.05, 0) is 43.6 Å². The number of carbonyl (C=O) groups is 1. The predicted molar refractivity (Wildman–Crippen MR) is 96.6 cm³/mol. The Bertz CT molecular complexity index is 518. The van der Waals surface area contributed by atoms with Gasteiger partial charge in [0.15, 0.2) is 0 Å². The Morgan fingerprint density at radius 1 is 1.09 bits per heavy atom. The lowest BCUT2D eigenvalue weighted by Crippen LogP contribution is -2.55. The van der Waals surface area contributed by atoms with Crippen LogP contribution in [0.3, 0.4) is 0 Å². The summed E-state index contributed by atoms with van der Waals surface area (Å²) in [6.45, 7) is 3.62. The van der Waals surface area contributed by atoms with Crippen LogP contribution in [0.5, 0.6) is 0 Å². The van der Waals surface area contributed by atoms with Crippen molar-refractivity contribution in [2.24, 2.45) is 11.1 Å². The van der Waals surface area contributed by atoms with Crippen LogP contribution >= 0.6 is 12.4 Å². The summed E-state index contributed by atoms with van der Waals surface area (Å²) in [6.07, 6.45) is 8.96. The Hall–Kier alpha value is -1.06. The average Bonchev–Trinajstić information content (AvgIpc) is 2.55. The molecule has 4 heteroatoms. The highest BCUT2D eigenvalue weighted by Gasteiger charge is 2.42. The van der Waals surface area contributed by atoms with Gasteiger partial charge >= 0.3 is 0 Å². The quantitative estimate of drug-likeness (QED) is 0.891. The van der Waals surface area contributed by atoms with Gasteiger partial charge in [0.05, 0.1) is 0 Å². The maximum absolute atomic E-state index is 13.0. The maximum atomic E-state index is 13.0. The molecule has 0 bridgehead atoms. The summed E-state index contributed by atoms with van der Waals surface area (Å²) in [6, 6.07) is 9.78. The summed E-state index contributed by atoms with van der Waals surface area (Å²) in [4.78, 5) is 15.1. The van der Waals surface area contributed by atoms with Gasteiger partial charge in [0.25, 0.3) is 0 Å². The Morgan fingerprint density at radius 2 is 1.70 bits per heavy atom. The van der Waals surface area contributed by atoms with Gasteiger partial charge in [0.1, 0.15) is 5.54 Å². The molecule has 1 aromatic rings. The third-order valence-electron chi connectivity index (χ3n) is 5.68. The van der Waals surface area contributed by atoms with Crippen molar-refractivity contribution in [2.75, 3.05) is 13.1 Å². The van der Waals surface area contributed by atoms with Gasteiger partial charge in [-0.1, -0.05) is 49.6 Å². The number of nitrogens with two attached hydrogens (primary N) is 1. The smallest absolute Gasteiger partial charge is 0.246 e. The normalized spacial score (nSPS) is 23.0. The van der Waals surface area contributed by atoms with E-state index in [2.05, 4.69) is 0 Å². The molecule has 128 valence electrons. The average molecular weight is 337 g/mol. The highest BCUT2D eigenvalue weighted by atomic mass is 35.5. The number of carbonyl (C=O) groups excluding carboxylic acids is 1. The third-order valence-corrected chi connectivity index (χ3v) is 5.68. The van der Waals surface area contributed by atoms with Crippen molar-refractivity contribution in [1.29, 1.82) is 0 Å². The number of hydrogen-bond acceptors (Lipinski definition) is 2. The van der Waals surface area contributed by atoms with E-state index in [0.717, 1.165) is 25.1 Å². The van der Waals surface area contributed by atoms with E-state index in [0.29, 0.717) is 5.41 Å². The Morgan fingerprint density at radius 3 is 2.35 bits per heavy atom. The second kappa shape index (κ2) is 7.23. The third kappa shape index (κ3) is 3.72. The molecule has 0 aromatic heterocycles. The summed E-state index contributed by atoms with van der Waals surface area (Å²) in [5.74, 6) is 0.0864. The van der Waals surface area contributed by atoms with Gasteiger partial charge in [-0.3, -0.25) is 4.79 Å². The molecule has 1 heterocycles. The number of halogens is 1. The number of benzene rings is 1. The standard InChI is InChI=1S/C19H28N2O.ClH/c1-18(20,16-9-4-2-5-10-16)17(22)21-14-8-13-19(15-21)11-6-3-7-12-19;/h2,4-5,9-10H,3,6-8,11-15,20H2,1H3;1H. The Kier molecular flexibility index (Phi) is 5.74. The van der Waals surface area contributed by atoms with E-state index < -0.39 is 5.54 Å². The first-order valence-corrected chi connectivity index (χ1v) is 8.67. The molecule has 1 amide bonds. The summed E-state index contributed by atoms with van der Waals surface area (Å²) < 4.78 is 0. The van der Waals surface area contributed by atoms with E-state index >= 15 is 0 Å². The van der Waals surface area contributed by atoms with Crippen molar-refractivity contribution in [3.63, 3.8) is 0 Å². The van der Waals surface area contributed by atoms with Gasteiger partial charge in [-0.25, -0.2) is 0 Å². The molecular formula is C19H29ClN2O. The van der Waals surface area contributed by atoms with Crippen LogP contribution in [0.15, 0.2) is 30.3 Å². The molecule has 2 fully saturated rings. The second-order valence-electron chi connectivity index (χ2n) is 7.46. The van der Waals surface area contributed by atoms with E-state index in [1.165, 1.54) is 38.5 Å². The molecule has 1 aliphatic heterocycles. The lowest BCUT2D eigenvalue weighted by Gasteiger charge is -2.47. The van der Waals surface area contributed by atoms with Gasteiger partial charge in [0, 0.05) is 13.1 Å². The number of rotatable bonds is 2. The summed E-state index contributed by atoms with van der Waals surface area (Å²) in [7, 11) is 0. The molecule has 2 aliphatic rings. The second-order valence-corrected chi connectivity index (χ2v) is 7.46. The van der Waals surface area contributed by atoms with Crippen molar-refractivity contribution in [3.8, 4) is 0 Å². The molecule has 1 spiro atoms. The minimum Gasteiger partial charge on any atom is -0.340 e. The highest BCUT2D eigenvalue weighted by Crippen LogP contribution is 2.43. The minimum absolute atomic E-state index is 0. The molecule has 1 atom stereocenters. The lowest BCUT2D eigenvalue weighted by atomic mass is 9.69. The number of nitrogens with zero attached hydrogens (tertiary/aromatic N) is 1. The molecule has 2 N–H and O–H groups in total. The van der Waals surface area contributed by atoms with Crippen molar-refractivity contribution in [2.45, 2.75) is 57.4 Å². The zero-order valence-corrected chi connectivity index (χ0v) is 14.9. The number of likely N-dealkylation sites (tertiary alicyclic amines) is 1. The largest absolute Gasteiger partial charge is 0.340 e. The van der Waals surface area contributed by atoms with Crippen LogP contribution in [-0.4, -0.2) is 23.9 Å². The summed E-state index contributed by atoms with van der Waals surface area (Å²) in [5.41, 5.74) is 6.80. The van der Waals surface area contributed by atoms with Crippen LogP contribution in [0.4, 0.5) is 0 Å². The molecule has 1 saturated carbocycles. The van der Waals surface area contributed by atoms with Gasteiger partial charge in [-0.2, -0.15) is 0 Å². The van der Waals surface area contributed by atoms with Crippen molar-refractivity contribution in [1.82, 2.24) is 4.90 Å². The molecule has 3 rings (SSSR count). The van der Waals surface area contributed by atoms with Crippen molar-refractivity contribution >= 4 is 18.3 Å². The molecule has 0 radical (unpaired) electrons. The van der Waals surface area contributed by atoms with Gasteiger partial charge in [-0.15, -0.1) is 12.4 Å². The monoisotopic (exact) mass is 336 g/mol. The van der Waals surface area contributed by atoms with Crippen LogP contribution in [-0.2, 0) is 10.3 Å². The van der Waals surface area contributed by atoms with E-state index in [9.17, 15) is 4.79 Å². The fraction of sp³-hybridized carbons (Fsp3) is 0.632. The predicted octanol–water partition coefficient (Wildman–Crippen LogP) is 3.86. The topological polar surface area (TPSA) is 46.3 Å².